The predicted molar refractivity (Wildman–Crippen MR) is 64.4 cm³/mol. The molecule has 18 heavy (non-hydrogen) atoms. The zero-order valence-corrected chi connectivity index (χ0v) is 10.8. The molecule has 1 saturated carbocycles. The number of Topliss-reactive ketones (excluding diaryl/α,β-unsaturated/α-hetero) is 3. The average molecular weight is 248 g/mol. The third-order valence-electron chi connectivity index (χ3n) is 3.51. The van der Waals surface area contributed by atoms with Crippen molar-refractivity contribution in [3.8, 4) is 0 Å². The van der Waals surface area contributed by atoms with E-state index in [0.29, 0.717) is 36.2 Å². The third-order valence-corrected chi connectivity index (χ3v) is 3.51. The van der Waals surface area contributed by atoms with E-state index in [1.807, 2.05) is 0 Å². The first-order valence-corrected chi connectivity index (χ1v) is 6.03. The number of carbonyl (C=O) groups is 3. The van der Waals surface area contributed by atoms with Crippen molar-refractivity contribution in [2.45, 2.75) is 33.1 Å². The highest BCUT2D eigenvalue weighted by molar-refractivity contribution is 6.25. The Bertz CT molecular complexity index is 527. The van der Waals surface area contributed by atoms with Crippen LogP contribution >= 0.6 is 0 Å². The van der Waals surface area contributed by atoms with Crippen LogP contribution in [0.25, 0.3) is 0 Å². The first-order chi connectivity index (χ1) is 8.43. The maximum atomic E-state index is 12.4. The first-order valence-electron chi connectivity index (χ1n) is 6.03. The van der Waals surface area contributed by atoms with Gasteiger partial charge in [-0.15, -0.1) is 0 Å². The lowest BCUT2D eigenvalue weighted by Gasteiger charge is -2.18. The van der Waals surface area contributed by atoms with Crippen LogP contribution in [-0.2, 0) is 16.6 Å². The maximum Gasteiger partial charge on any atom is 0.184 e. The standard InChI is InChI=1S/C13H16N2O3/c1-7-11(8(2)15(3)14-7)13(18)12-9(16)5-4-6-10(12)17/h12H,4-6H2,1-3H3. The largest absolute Gasteiger partial charge is 0.298 e. The lowest BCUT2D eigenvalue weighted by Crippen LogP contribution is -2.35. The van der Waals surface area contributed by atoms with Crippen molar-refractivity contribution < 1.29 is 14.4 Å². The summed E-state index contributed by atoms with van der Waals surface area (Å²) in [6.07, 6.45) is 1.20. The minimum Gasteiger partial charge on any atom is -0.298 e. The van der Waals surface area contributed by atoms with Crippen molar-refractivity contribution in [1.29, 1.82) is 0 Å². The molecule has 5 heteroatoms. The second kappa shape index (κ2) is 4.48. The van der Waals surface area contributed by atoms with Crippen LogP contribution in [0.15, 0.2) is 0 Å². The number of carbonyl (C=O) groups excluding carboxylic acids is 3. The topological polar surface area (TPSA) is 69.0 Å². The summed E-state index contributed by atoms with van der Waals surface area (Å²) in [5.74, 6) is -1.98. The third kappa shape index (κ3) is 1.89. The Kier molecular flexibility index (Phi) is 3.15. The second-order valence-corrected chi connectivity index (χ2v) is 4.75. The Balaban J connectivity index is 2.41. The van der Waals surface area contributed by atoms with Crippen molar-refractivity contribution in [3.05, 3.63) is 17.0 Å². The van der Waals surface area contributed by atoms with E-state index in [4.69, 9.17) is 0 Å². The van der Waals surface area contributed by atoms with E-state index in [-0.39, 0.29) is 17.3 Å². The van der Waals surface area contributed by atoms with Gasteiger partial charge >= 0.3 is 0 Å². The van der Waals surface area contributed by atoms with Crippen LogP contribution in [0, 0.1) is 19.8 Å². The summed E-state index contributed by atoms with van der Waals surface area (Å²) in [6.45, 7) is 3.49. The lowest BCUT2D eigenvalue weighted by molar-refractivity contribution is -0.133. The summed E-state index contributed by atoms with van der Waals surface area (Å²) in [5, 5.41) is 4.15. The molecule has 0 spiro atoms. The fourth-order valence-corrected chi connectivity index (χ4v) is 2.47. The SMILES string of the molecule is Cc1nn(C)c(C)c1C(=O)C1C(=O)CCCC1=O. The minimum atomic E-state index is -1.10. The summed E-state index contributed by atoms with van der Waals surface area (Å²) < 4.78 is 1.60. The molecule has 2 rings (SSSR count). The van der Waals surface area contributed by atoms with Crippen molar-refractivity contribution >= 4 is 17.3 Å². The van der Waals surface area contributed by atoms with Crippen LogP contribution in [0.1, 0.15) is 41.0 Å². The van der Waals surface area contributed by atoms with Gasteiger partial charge in [0.25, 0.3) is 0 Å². The fourth-order valence-electron chi connectivity index (χ4n) is 2.47. The van der Waals surface area contributed by atoms with Crippen molar-refractivity contribution in [2.75, 3.05) is 0 Å². The minimum absolute atomic E-state index is 0.251. The molecule has 1 aromatic rings. The van der Waals surface area contributed by atoms with Gasteiger partial charge in [-0.2, -0.15) is 5.10 Å². The number of hydrogen-bond acceptors (Lipinski definition) is 4. The van der Waals surface area contributed by atoms with E-state index in [1.54, 1.807) is 25.6 Å². The molecule has 0 saturated heterocycles. The molecule has 5 nitrogen and oxygen atoms in total. The summed E-state index contributed by atoms with van der Waals surface area (Å²) in [4.78, 5) is 35.9. The predicted octanol–water partition coefficient (Wildman–Crippen LogP) is 1.16. The smallest absolute Gasteiger partial charge is 0.184 e. The fraction of sp³-hybridized carbons (Fsp3) is 0.538. The number of hydrogen-bond donors (Lipinski definition) is 0. The summed E-state index contributed by atoms with van der Waals surface area (Å²) in [7, 11) is 1.74. The van der Waals surface area contributed by atoms with Gasteiger partial charge in [0.05, 0.1) is 11.3 Å². The van der Waals surface area contributed by atoms with Crippen LogP contribution in [0.4, 0.5) is 0 Å². The van der Waals surface area contributed by atoms with Gasteiger partial charge in [-0.1, -0.05) is 0 Å². The molecule has 0 bridgehead atoms. The normalized spacial score (nSPS) is 17.3. The number of rotatable bonds is 2. The van der Waals surface area contributed by atoms with Crippen LogP contribution in [-0.4, -0.2) is 27.1 Å². The van der Waals surface area contributed by atoms with Crippen molar-refractivity contribution in [2.24, 2.45) is 13.0 Å². The Hall–Kier alpha value is -1.78. The van der Waals surface area contributed by atoms with E-state index in [0.717, 1.165) is 0 Å². The number of aromatic nitrogens is 2. The van der Waals surface area contributed by atoms with Gasteiger partial charge in [-0.05, 0) is 20.3 Å². The second-order valence-electron chi connectivity index (χ2n) is 4.75. The molecule has 1 aromatic heterocycles. The molecule has 0 atom stereocenters. The van der Waals surface area contributed by atoms with Crippen molar-refractivity contribution in [3.63, 3.8) is 0 Å². The highest BCUT2D eigenvalue weighted by Gasteiger charge is 2.38. The molecule has 0 aliphatic heterocycles. The van der Waals surface area contributed by atoms with E-state index in [9.17, 15) is 14.4 Å². The van der Waals surface area contributed by atoms with Gasteiger partial charge in [0.1, 0.15) is 5.92 Å². The highest BCUT2D eigenvalue weighted by atomic mass is 16.2. The Morgan fingerprint density at radius 1 is 1.22 bits per heavy atom. The molecule has 0 radical (unpaired) electrons. The van der Waals surface area contributed by atoms with Crippen molar-refractivity contribution in [1.82, 2.24) is 9.78 Å². The van der Waals surface area contributed by atoms with E-state index in [1.165, 1.54) is 0 Å². The summed E-state index contributed by atoms with van der Waals surface area (Å²) in [6, 6.07) is 0. The molecular weight excluding hydrogens is 232 g/mol. The van der Waals surface area contributed by atoms with E-state index >= 15 is 0 Å². The Morgan fingerprint density at radius 2 is 1.78 bits per heavy atom. The molecule has 0 amide bonds. The quantitative estimate of drug-likeness (QED) is 0.581. The van der Waals surface area contributed by atoms with E-state index in [2.05, 4.69) is 5.10 Å². The lowest BCUT2D eigenvalue weighted by atomic mass is 9.81. The number of aryl methyl sites for hydroxylation is 2. The molecule has 1 heterocycles. The molecule has 1 aliphatic carbocycles. The van der Waals surface area contributed by atoms with E-state index < -0.39 is 5.92 Å². The Labute approximate surface area is 105 Å². The van der Waals surface area contributed by atoms with Gasteiger partial charge in [0, 0.05) is 25.6 Å². The molecule has 1 aliphatic rings. The number of ketones is 3. The monoisotopic (exact) mass is 248 g/mol. The summed E-state index contributed by atoms with van der Waals surface area (Å²) >= 11 is 0. The van der Waals surface area contributed by atoms with Gasteiger partial charge < -0.3 is 0 Å². The molecule has 0 unspecified atom stereocenters. The van der Waals surface area contributed by atoms with Gasteiger partial charge in [0.15, 0.2) is 17.3 Å². The molecule has 1 fully saturated rings. The Morgan fingerprint density at radius 3 is 2.22 bits per heavy atom. The highest BCUT2D eigenvalue weighted by Crippen LogP contribution is 2.24. The van der Waals surface area contributed by atoms with Gasteiger partial charge in [0.2, 0.25) is 0 Å². The van der Waals surface area contributed by atoms with Gasteiger partial charge in [-0.25, -0.2) is 0 Å². The first kappa shape index (κ1) is 12.7. The molecule has 0 N–H and O–H groups in total. The van der Waals surface area contributed by atoms with Gasteiger partial charge in [-0.3, -0.25) is 19.1 Å². The van der Waals surface area contributed by atoms with Crippen LogP contribution in [0.5, 0.6) is 0 Å². The average Bonchev–Trinajstić information content (AvgIpc) is 2.52. The zero-order chi connectivity index (χ0) is 13.4. The van der Waals surface area contributed by atoms with Crippen LogP contribution in [0.3, 0.4) is 0 Å². The molecular formula is C13H16N2O3. The van der Waals surface area contributed by atoms with Crippen LogP contribution < -0.4 is 0 Å². The zero-order valence-electron chi connectivity index (χ0n) is 10.8. The number of nitrogens with zero attached hydrogens (tertiary/aromatic N) is 2. The maximum absolute atomic E-state index is 12.4. The molecule has 96 valence electrons. The van der Waals surface area contributed by atoms with Crippen LogP contribution in [0.2, 0.25) is 0 Å². The molecule has 0 aromatic carbocycles. The summed E-state index contributed by atoms with van der Waals surface area (Å²) in [5.41, 5.74) is 1.70.